The van der Waals surface area contributed by atoms with Gasteiger partial charge in [0.1, 0.15) is 11.2 Å². The lowest BCUT2D eigenvalue weighted by molar-refractivity contribution is 0.655. The molecule has 0 saturated carbocycles. The summed E-state index contributed by atoms with van der Waals surface area (Å²) in [6.45, 7) is 0. The Morgan fingerprint density at radius 1 is 0.463 bits per heavy atom. The molecule has 0 spiro atoms. The van der Waals surface area contributed by atoms with Gasteiger partial charge in [0.25, 0.3) is 0 Å². The number of para-hydroxylation sites is 4. The van der Waals surface area contributed by atoms with Crippen LogP contribution in [0.1, 0.15) is 46.6 Å². The Hall–Kier alpha value is -10.0. The molecular formula is C72H44N6OS. The normalized spacial score (nSPS) is 14.4. The van der Waals surface area contributed by atoms with Crippen molar-refractivity contribution in [1.29, 1.82) is 0 Å². The summed E-state index contributed by atoms with van der Waals surface area (Å²) in [7, 11) is 0. The van der Waals surface area contributed by atoms with Crippen LogP contribution in [0.15, 0.2) is 217 Å². The molecule has 2 aliphatic rings. The Morgan fingerprint density at radius 3 is 1.77 bits per heavy atom. The van der Waals surface area contributed by atoms with Gasteiger partial charge in [-0.25, -0.2) is 19.9 Å². The largest absolute Gasteiger partial charge is 0.456 e. The number of fused-ring (bicyclic) bond motifs is 22. The van der Waals surface area contributed by atoms with Crippen LogP contribution in [0, 0.1) is 0 Å². The van der Waals surface area contributed by atoms with Crippen molar-refractivity contribution in [2.24, 2.45) is 0 Å². The van der Waals surface area contributed by atoms with E-state index >= 15 is 0 Å². The van der Waals surface area contributed by atoms with Crippen LogP contribution < -0.4 is 0 Å². The molecule has 1 atom stereocenters. The number of rotatable bonds is 5. The van der Waals surface area contributed by atoms with E-state index in [1.807, 2.05) is 11.3 Å². The smallest absolute Gasteiger partial charge is 0.235 e. The topological polar surface area (TPSA) is 74.6 Å². The summed E-state index contributed by atoms with van der Waals surface area (Å²) in [5, 5.41) is 11.5. The molecule has 0 aliphatic heterocycles. The number of thiophene rings is 1. The fraction of sp³-hybridized carbons (Fsp3) is 0.0556. The number of aromatic nitrogens is 6. The number of hydrogen-bond donors (Lipinski definition) is 0. The number of nitrogens with zero attached hydrogens (tertiary/aromatic N) is 6. The summed E-state index contributed by atoms with van der Waals surface area (Å²) in [4.78, 5) is 22.2. The molecule has 18 rings (SSSR count). The molecule has 2 aliphatic carbocycles. The average Bonchev–Trinajstić information content (AvgIpc) is 3.99. The van der Waals surface area contributed by atoms with Crippen LogP contribution in [-0.4, -0.2) is 29.1 Å². The van der Waals surface area contributed by atoms with Gasteiger partial charge >= 0.3 is 0 Å². The van der Waals surface area contributed by atoms with Crippen molar-refractivity contribution in [2.45, 2.75) is 25.2 Å². The number of benzene rings is 10. The van der Waals surface area contributed by atoms with Gasteiger partial charge in [-0.3, -0.25) is 9.13 Å². The lowest BCUT2D eigenvalue weighted by Crippen LogP contribution is -2.10. The molecule has 80 heavy (non-hydrogen) atoms. The highest BCUT2D eigenvalue weighted by Crippen LogP contribution is 2.53. The van der Waals surface area contributed by atoms with Crippen molar-refractivity contribution in [3.63, 3.8) is 0 Å². The molecule has 10 aromatic carbocycles. The van der Waals surface area contributed by atoms with Crippen LogP contribution in [-0.2, 0) is 6.42 Å². The summed E-state index contributed by atoms with van der Waals surface area (Å²) in [5.41, 5.74) is 17.9. The van der Waals surface area contributed by atoms with Gasteiger partial charge in [0.2, 0.25) is 11.9 Å². The van der Waals surface area contributed by atoms with Gasteiger partial charge in [-0.15, -0.1) is 11.3 Å². The Labute approximate surface area is 461 Å². The highest BCUT2D eigenvalue weighted by molar-refractivity contribution is 7.26. The van der Waals surface area contributed by atoms with Crippen molar-refractivity contribution in [3.05, 3.63) is 240 Å². The number of allylic oxidation sites excluding steroid dienone is 2. The summed E-state index contributed by atoms with van der Waals surface area (Å²) < 4.78 is 14.7. The van der Waals surface area contributed by atoms with Crippen molar-refractivity contribution in [3.8, 4) is 34.4 Å². The van der Waals surface area contributed by atoms with E-state index in [1.165, 1.54) is 47.6 Å². The van der Waals surface area contributed by atoms with Crippen molar-refractivity contribution < 1.29 is 4.42 Å². The average molecular weight is 1040 g/mol. The van der Waals surface area contributed by atoms with Crippen LogP contribution >= 0.6 is 11.3 Å². The first-order valence-electron chi connectivity index (χ1n) is 27.5. The van der Waals surface area contributed by atoms with E-state index in [2.05, 4.69) is 234 Å². The summed E-state index contributed by atoms with van der Waals surface area (Å²) in [6, 6.07) is 71.4. The SMILES string of the molecule is C1=Cc2c(c3sc4ccccc4c3c3c4ccc(C5CC=Cc6c5c5oc7ccccc7c5c5c7ccccc7n(-c7nc(-c8ccccc8)c8ccccc8n7)c65)cc4n(-c4nc(-c5ccccc5)c5ccccc5n4)c23)CC1. The van der Waals surface area contributed by atoms with Crippen LogP contribution in [0.3, 0.4) is 0 Å². The molecule has 1 unspecified atom stereocenters. The number of hydrogen-bond acceptors (Lipinski definition) is 6. The van der Waals surface area contributed by atoms with Gasteiger partial charge in [0.05, 0.1) is 44.5 Å². The van der Waals surface area contributed by atoms with Gasteiger partial charge in [0, 0.05) is 97.0 Å². The first-order chi connectivity index (χ1) is 39.7. The Bertz CT molecular complexity index is 5410. The maximum Gasteiger partial charge on any atom is 0.235 e. The predicted molar refractivity (Wildman–Crippen MR) is 332 cm³/mol. The maximum atomic E-state index is 7.27. The Morgan fingerprint density at radius 2 is 1.04 bits per heavy atom. The molecule has 7 nitrogen and oxygen atoms in total. The van der Waals surface area contributed by atoms with E-state index in [1.54, 1.807) is 0 Å². The van der Waals surface area contributed by atoms with Crippen LogP contribution in [0.2, 0.25) is 0 Å². The molecule has 0 bridgehead atoms. The van der Waals surface area contributed by atoms with E-state index < -0.39 is 0 Å². The molecule has 374 valence electrons. The summed E-state index contributed by atoms with van der Waals surface area (Å²) in [5.74, 6) is 1.18. The standard InChI is InChI=1S/C72H44N6OS/c1-3-20-41(21-4-1)65-47-26-9-14-33-54(47)73-71(75-65)77-56-35-16-11-28-49(56)61-63-51-29-12-17-36-58(51)79-69(63)60-44(31-19-32-53(60)68(61)77)43-38-39-50-57(40-43)78(72-74-55-34-15-10-27-48(55)66(76-72)42-22-5-2-6-23-42)67-45-24-7-8-25-46(45)70-64(62(50)67)52-30-13-18-37-59(52)80-70/h1-7,9-24,26-30,32-40,44H,8,25,31H2. The lowest BCUT2D eigenvalue weighted by atomic mass is 9.80. The zero-order valence-electron chi connectivity index (χ0n) is 43.1. The van der Waals surface area contributed by atoms with Gasteiger partial charge in [-0.1, -0.05) is 188 Å². The Kier molecular flexibility index (Phi) is 9.21. The zero-order valence-corrected chi connectivity index (χ0v) is 43.9. The molecule has 0 saturated heterocycles. The molecule has 6 aromatic heterocycles. The summed E-state index contributed by atoms with van der Waals surface area (Å²) in [6.07, 6.45) is 12.1. The zero-order chi connectivity index (χ0) is 52.2. The molecule has 0 amide bonds. The van der Waals surface area contributed by atoms with Gasteiger partial charge in [-0.2, -0.15) is 0 Å². The van der Waals surface area contributed by atoms with Crippen molar-refractivity contribution in [1.82, 2.24) is 29.1 Å². The highest BCUT2D eigenvalue weighted by Gasteiger charge is 2.33. The molecule has 0 radical (unpaired) electrons. The third-order valence-corrected chi connectivity index (χ3v) is 18.4. The molecule has 0 fully saturated rings. The van der Waals surface area contributed by atoms with E-state index in [0.29, 0.717) is 11.9 Å². The van der Waals surface area contributed by atoms with Crippen LogP contribution in [0.4, 0.5) is 0 Å². The third kappa shape index (κ3) is 6.13. The molecule has 0 N–H and O–H groups in total. The number of aryl methyl sites for hydroxylation is 1. The van der Waals surface area contributed by atoms with Crippen LogP contribution in [0.25, 0.3) is 154 Å². The molecule has 16 aromatic rings. The second-order valence-corrected chi connectivity index (χ2v) is 22.4. The molecular weight excluding hydrogens is 997 g/mol. The van der Waals surface area contributed by atoms with Gasteiger partial charge in [0.15, 0.2) is 0 Å². The minimum absolute atomic E-state index is 0.101. The quantitative estimate of drug-likeness (QED) is 0.172. The van der Waals surface area contributed by atoms with Crippen LogP contribution in [0.5, 0.6) is 0 Å². The number of furan rings is 1. The lowest BCUT2D eigenvalue weighted by Gasteiger charge is -2.24. The van der Waals surface area contributed by atoms with E-state index in [-0.39, 0.29) is 5.92 Å². The monoisotopic (exact) mass is 1040 g/mol. The van der Waals surface area contributed by atoms with E-state index in [9.17, 15) is 0 Å². The summed E-state index contributed by atoms with van der Waals surface area (Å²) >= 11 is 1.93. The van der Waals surface area contributed by atoms with Gasteiger partial charge < -0.3 is 4.42 Å². The van der Waals surface area contributed by atoms with E-state index in [4.69, 9.17) is 24.4 Å². The maximum absolute atomic E-state index is 7.27. The Balaban J connectivity index is 0.966. The molecule has 8 heteroatoms. The van der Waals surface area contributed by atoms with Crippen molar-refractivity contribution in [2.75, 3.05) is 0 Å². The molecule has 6 heterocycles. The highest BCUT2D eigenvalue weighted by atomic mass is 32.1. The van der Waals surface area contributed by atoms with Gasteiger partial charge in [-0.05, 0) is 66.8 Å². The second kappa shape index (κ2) is 16.7. The minimum atomic E-state index is -0.101. The predicted octanol–water partition coefficient (Wildman–Crippen LogP) is 18.9. The first-order valence-corrected chi connectivity index (χ1v) is 28.4. The second-order valence-electron chi connectivity index (χ2n) is 21.4. The fourth-order valence-electron chi connectivity index (χ4n) is 13.8. The minimum Gasteiger partial charge on any atom is -0.456 e. The fourth-order valence-corrected chi connectivity index (χ4v) is 15.1. The van der Waals surface area contributed by atoms with Crippen molar-refractivity contribution >= 4 is 131 Å². The first kappa shape index (κ1) is 44.0. The third-order valence-electron chi connectivity index (χ3n) is 17.1. The van der Waals surface area contributed by atoms with E-state index in [0.717, 1.165) is 129 Å².